The summed E-state index contributed by atoms with van der Waals surface area (Å²) in [6.45, 7) is 7.90. The van der Waals surface area contributed by atoms with Crippen molar-refractivity contribution >= 4 is 22.9 Å². The van der Waals surface area contributed by atoms with Crippen molar-refractivity contribution in [2.24, 2.45) is 0 Å². The van der Waals surface area contributed by atoms with Gasteiger partial charge in [0.25, 0.3) is 5.56 Å². The van der Waals surface area contributed by atoms with Gasteiger partial charge < -0.3 is 24.4 Å². The molecular weight excluding hydrogens is 528 g/mol. The predicted octanol–water partition coefficient (Wildman–Crippen LogP) is 3.44. The molecule has 0 bridgehead atoms. The monoisotopic (exact) mass is 566 g/mol. The standard InChI is InChI=1S/C30H38N4O7/c1-19(35)31-16-20-9-11-24-23(14-20)27(36)33(17-21-10-12-25(39-5)26(15-21)40-6)28(37)34(24)22-8-7-13-32(18-22)29(38)41-30(2,3)4/h9-12,14-15,22H,7-8,13,16-18H2,1-6H3,(H,31,35). The zero-order valence-corrected chi connectivity index (χ0v) is 24.5. The second kappa shape index (κ2) is 12.1. The minimum Gasteiger partial charge on any atom is -0.493 e. The Kier molecular flexibility index (Phi) is 8.74. The van der Waals surface area contributed by atoms with E-state index in [1.54, 1.807) is 45.9 Å². The number of nitrogens with one attached hydrogen (secondary N) is 1. The van der Waals surface area contributed by atoms with Crippen molar-refractivity contribution in [2.45, 2.75) is 65.3 Å². The zero-order chi connectivity index (χ0) is 29.9. The van der Waals surface area contributed by atoms with Gasteiger partial charge in [0, 0.05) is 26.6 Å². The topological polar surface area (TPSA) is 121 Å². The lowest BCUT2D eigenvalue weighted by atomic mass is 10.0. The molecule has 0 aliphatic carbocycles. The number of fused-ring (bicyclic) bond motifs is 1. The highest BCUT2D eigenvalue weighted by molar-refractivity contribution is 5.79. The first kappa shape index (κ1) is 29.7. The Morgan fingerprint density at radius 2 is 1.71 bits per heavy atom. The number of carbonyl (C=O) groups is 2. The Hall–Kier alpha value is -4.28. The number of nitrogens with zero attached hydrogens (tertiary/aromatic N) is 3. The third-order valence-corrected chi connectivity index (χ3v) is 6.98. The Morgan fingerprint density at radius 3 is 2.37 bits per heavy atom. The second-order valence-electron chi connectivity index (χ2n) is 11.2. The van der Waals surface area contributed by atoms with Crippen LogP contribution in [0.15, 0.2) is 46.0 Å². The molecule has 0 spiro atoms. The van der Waals surface area contributed by atoms with Gasteiger partial charge in [-0.25, -0.2) is 9.59 Å². The minimum absolute atomic E-state index is 0.00633. The maximum atomic E-state index is 14.1. The molecule has 1 aliphatic rings. The van der Waals surface area contributed by atoms with Crippen LogP contribution < -0.4 is 26.0 Å². The van der Waals surface area contributed by atoms with Crippen LogP contribution >= 0.6 is 0 Å². The van der Waals surface area contributed by atoms with Gasteiger partial charge in [0.05, 0.1) is 37.7 Å². The van der Waals surface area contributed by atoms with E-state index in [1.165, 1.54) is 25.7 Å². The first-order valence-corrected chi connectivity index (χ1v) is 13.6. The summed E-state index contributed by atoms with van der Waals surface area (Å²) in [6.07, 6.45) is 0.889. The lowest BCUT2D eigenvalue weighted by molar-refractivity contribution is -0.119. The van der Waals surface area contributed by atoms with Crippen LogP contribution in [0.25, 0.3) is 10.9 Å². The Balaban J connectivity index is 1.83. The molecular formula is C30H38N4O7. The van der Waals surface area contributed by atoms with E-state index in [0.717, 1.165) is 5.56 Å². The van der Waals surface area contributed by atoms with Crippen molar-refractivity contribution in [3.05, 3.63) is 68.4 Å². The highest BCUT2D eigenvalue weighted by Crippen LogP contribution is 2.28. The quantitative estimate of drug-likeness (QED) is 0.465. The van der Waals surface area contributed by atoms with E-state index >= 15 is 0 Å². The van der Waals surface area contributed by atoms with Crippen LogP contribution in [0.3, 0.4) is 0 Å². The molecule has 2 aromatic carbocycles. The van der Waals surface area contributed by atoms with Gasteiger partial charge in [0.2, 0.25) is 5.91 Å². The number of ether oxygens (including phenoxy) is 3. The number of amides is 2. The normalized spacial score (nSPS) is 15.5. The van der Waals surface area contributed by atoms with Gasteiger partial charge in [0.15, 0.2) is 11.5 Å². The Morgan fingerprint density at radius 1 is 1.00 bits per heavy atom. The molecule has 4 rings (SSSR count). The van der Waals surface area contributed by atoms with E-state index in [1.807, 2.05) is 20.8 Å². The number of carbonyl (C=O) groups excluding carboxylic acids is 2. The van der Waals surface area contributed by atoms with Gasteiger partial charge in [-0.2, -0.15) is 0 Å². The number of aromatic nitrogens is 2. The molecule has 220 valence electrons. The number of likely N-dealkylation sites (tertiary alicyclic amines) is 1. The van der Waals surface area contributed by atoms with Crippen LogP contribution in [0.5, 0.6) is 11.5 Å². The number of piperidine rings is 1. The highest BCUT2D eigenvalue weighted by Gasteiger charge is 2.30. The second-order valence-corrected chi connectivity index (χ2v) is 11.2. The van der Waals surface area contributed by atoms with E-state index < -0.39 is 22.9 Å². The van der Waals surface area contributed by atoms with Crippen molar-refractivity contribution in [3.8, 4) is 11.5 Å². The summed E-state index contributed by atoms with van der Waals surface area (Å²) in [6, 6.07) is 10.1. The molecule has 0 radical (unpaired) electrons. The van der Waals surface area contributed by atoms with Crippen LogP contribution in [0.4, 0.5) is 4.79 Å². The summed E-state index contributed by atoms with van der Waals surface area (Å²) in [5.74, 6) is 0.828. The predicted molar refractivity (Wildman–Crippen MR) is 155 cm³/mol. The molecule has 1 atom stereocenters. The number of benzene rings is 2. The van der Waals surface area contributed by atoms with E-state index in [0.29, 0.717) is 47.4 Å². The number of hydrogen-bond donors (Lipinski definition) is 1. The van der Waals surface area contributed by atoms with Crippen molar-refractivity contribution in [1.82, 2.24) is 19.4 Å². The summed E-state index contributed by atoms with van der Waals surface area (Å²) >= 11 is 0. The maximum absolute atomic E-state index is 14.1. The molecule has 11 heteroatoms. The van der Waals surface area contributed by atoms with Crippen LogP contribution in [-0.4, -0.2) is 58.9 Å². The van der Waals surface area contributed by atoms with Crippen molar-refractivity contribution in [1.29, 1.82) is 0 Å². The largest absolute Gasteiger partial charge is 0.493 e. The molecule has 1 fully saturated rings. The molecule has 2 amide bonds. The third kappa shape index (κ3) is 6.72. The highest BCUT2D eigenvalue weighted by atomic mass is 16.6. The first-order chi connectivity index (χ1) is 19.4. The molecule has 11 nitrogen and oxygen atoms in total. The summed E-state index contributed by atoms with van der Waals surface area (Å²) in [4.78, 5) is 53.9. The van der Waals surface area contributed by atoms with Gasteiger partial charge in [0.1, 0.15) is 5.60 Å². The van der Waals surface area contributed by atoms with Gasteiger partial charge >= 0.3 is 11.8 Å². The molecule has 1 unspecified atom stereocenters. The van der Waals surface area contributed by atoms with E-state index in [-0.39, 0.29) is 31.6 Å². The fourth-order valence-corrected chi connectivity index (χ4v) is 5.08. The van der Waals surface area contributed by atoms with E-state index in [2.05, 4.69) is 5.32 Å². The molecule has 2 heterocycles. The molecule has 41 heavy (non-hydrogen) atoms. The molecule has 3 aromatic rings. The zero-order valence-electron chi connectivity index (χ0n) is 24.5. The fraction of sp³-hybridized carbons (Fsp3) is 0.467. The van der Waals surface area contributed by atoms with Crippen LogP contribution in [0, 0.1) is 0 Å². The van der Waals surface area contributed by atoms with Gasteiger partial charge in [-0.1, -0.05) is 12.1 Å². The van der Waals surface area contributed by atoms with Gasteiger partial charge in [-0.15, -0.1) is 0 Å². The van der Waals surface area contributed by atoms with Crippen LogP contribution in [0.2, 0.25) is 0 Å². The lowest BCUT2D eigenvalue weighted by Crippen LogP contribution is -2.48. The molecule has 1 aliphatic heterocycles. The molecule has 1 N–H and O–H groups in total. The summed E-state index contributed by atoms with van der Waals surface area (Å²) in [7, 11) is 3.06. The SMILES string of the molecule is COc1ccc(Cn2c(=O)c3cc(CNC(C)=O)ccc3n(C3CCCN(C(=O)OC(C)(C)C)C3)c2=O)cc1OC. The number of hydrogen-bond acceptors (Lipinski definition) is 7. The Bertz CT molecular complexity index is 1570. The lowest BCUT2D eigenvalue weighted by Gasteiger charge is -2.35. The summed E-state index contributed by atoms with van der Waals surface area (Å²) in [5.41, 5.74) is 0.326. The number of methoxy groups -OCH3 is 2. The third-order valence-electron chi connectivity index (χ3n) is 6.98. The van der Waals surface area contributed by atoms with Crippen LogP contribution in [0.1, 0.15) is 57.7 Å². The average Bonchev–Trinajstić information content (AvgIpc) is 2.93. The van der Waals surface area contributed by atoms with Crippen molar-refractivity contribution < 1.29 is 23.8 Å². The minimum atomic E-state index is -0.648. The molecule has 1 aromatic heterocycles. The summed E-state index contributed by atoms with van der Waals surface area (Å²) < 4.78 is 19.2. The fourth-order valence-electron chi connectivity index (χ4n) is 5.08. The van der Waals surface area contributed by atoms with Crippen LogP contribution in [-0.2, 0) is 22.6 Å². The van der Waals surface area contributed by atoms with Crippen molar-refractivity contribution in [3.63, 3.8) is 0 Å². The number of rotatable bonds is 7. The van der Waals surface area contributed by atoms with Gasteiger partial charge in [-0.05, 0) is 69.0 Å². The first-order valence-electron chi connectivity index (χ1n) is 13.6. The van der Waals surface area contributed by atoms with Gasteiger partial charge in [-0.3, -0.25) is 18.7 Å². The molecule has 0 saturated carbocycles. The van der Waals surface area contributed by atoms with Crippen molar-refractivity contribution in [2.75, 3.05) is 27.3 Å². The molecule has 1 saturated heterocycles. The summed E-state index contributed by atoms with van der Waals surface area (Å²) in [5, 5.41) is 3.10. The smallest absolute Gasteiger partial charge is 0.410 e. The van der Waals surface area contributed by atoms with E-state index in [4.69, 9.17) is 14.2 Å². The van der Waals surface area contributed by atoms with E-state index in [9.17, 15) is 19.2 Å². The maximum Gasteiger partial charge on any atom is 0.410 e. The average molecular weight is 567 g/mol. The Labute approximate surface area is 238 Å².